The molecule has 0 saturated carbocycles. The normalized spacial score (nSPS) is 16.2. The van der Waals surface area contributed by atoms with Gasteiger partial charge in [-0.1, -0.05) is 42.5 Å². The van der Waals surface area contributed by atoms with Gasteiger partial charge in [0.25, 0.3) is 0 Å². The van der Waals surface area contributed by atoms with Crippen LogP contribution >= 0.6 is 24.0 Å². The molecule has 1 atom stereocenters. The molecule has 0 radical (unpaired) electrons. The van der Waals surface area contributed by atoms with Crippen molar-refractivity contribution in [1.29, 1.82) is 0 Å². The SMILES string of the molecule is CCNC(=NCc1ccc(COc2ccccc2)cc1)N(C)CC1CCOC1.I. The minimum absolute atomic E-state index is 0. The average Bonchev–Trinajstić information content (AvgIpc) is 3.24. The Bertz CT molecular complexity index is 732. The van der Waals surface area contributed by atoms with Gasteiger partial charge in [-0.2, -0.15) is 0 Å². The summed E-state index contributed by atoms with van der Waals surface area (Å²) in [6.07, 6.45) is 1.14. The van der Waals surface area contributed by atoms with Crippen LogP contribution in [0.25, 0.3) is 0 Å². The molecule has 0 aliphatic carbocycles. The third-order valence-electron chi connectivity index (χ3n) is 4.84. The minimum atomic E-state index is 0. The minimum Gasteiger partial charge on any atom is -0.489 e. The number of rotatable bonds is 8. The van der Waals surface area contributed by atoms with Gasteiger partial charge >= 0.3 is 0 Å². The molecule has 1 aliphatic rings. The number of aliphatic imine (C=N–C) groups is 1. The highest BCUT2D eigenvalue weighted by Crippen LogP contribution is 2.14. The molecule has 1 N–H and O–H groups in total. The van der Waals surface area contributed by atoms with Crippen molar-refractivity contribution in [1.82, 2.24) is 10.2 Å². The monoisotopic (exact) mass is 509 g/mol. The Balaban J connectivity index is 0.00000300. The Morgan fingerprint density at radius 1 is 1.14 bits per heavy atom. The van der Waals surface area contributed by atoms with E-state index in [9.17, 15) is 0 Å². The van der Waals surface area contributed by atoms with Gasteiger partial charge in [-0.15, -0.1) is 24.0 Å². The number of halogens is 1. The molecule has 0 spiro atoms. The molecule has 1 heterocycles. The van der Waals surface area contributed by atoms with Crippen LogP contribution in [0.15, 0.2) is 59.6 Å². The van der Waals surface area contributed by atoms with E-state index in [1.165, 1.54) is 5.56 Å². The molecule has 29 heavy (non-hydrogen) atoms. The summed E-state index contributed by atoms with van der Waals surface area (Å²) >= 11 is 0. The van der Waals surface area contributed by atoms with E-state index in [4.69, 9.17) is 14.5 Å². The van der Waals surface area contributed by atoms with Crippen LogP contribution in [0.3, 0.4) is 0 Å². The highest BCUT2D eigenvalue weighted by molar-refractivity contribution is 14.0. The molecule has 2 aromatic carbocycles. The molecular formula is C23H32IN3O2. The van der Waals surface area contributed by atoms with Gasteiger partial charge < -0.3 is 19.7 Å². The molecule has 0 aromatic heterocycles. The van der Waals surface area contributed by atoms with E-state index < -0.39 is 0 Å². The maximum atomic E-state index is 5.80. The topological polar surface area (TPSA) is 46.1 Å². The number of nitrogens with one attached hydrogen (secondary N) is 1. The molecule has 0 amide bonds. The van der Waals surface area contributed by atoms with Crippen LogP contribution in [0.4, 0.5) is 0 Å². The van der Waals surface area contributed by atoms with Crippen molar-refractivity contribution >= 4 is 29.9 Å². The number of guanidine groups is 1. The second kappa shape index (κ2) is 12.7. The maximum Gasteiger partial charge on any atom is 0.193 e. The molecule has 3 rings (SSSR count). The Morgan fingerprint density at radius 3 is 2.52 bits per heavy atom. The van der Waals surface area contributed by atoms with Gasteiger partial charge in [-0.3, -0.25) is 0 Å². The molecule has 0 bridgehead atoms. The van der Waals surface area contributed by atoms with Gasteiger partial charge in [-0.25, -0.2) is 4.99 Å². The highest BCUT2D eigenvalue weighted by atomic mass is 127. The van der Waals surface area contributed by atoms with Gasteiger partial charge in [0, 0.05) is 32.7 Å². The van der Waals surface area contributed by atoms with Crippen LogP contribution in [-0.2, 0) is 17.9 Å². The van der Waals surface area contributed by atoms with Crippen LogP contribution in [0.2, 0.25) is 0 Å². The maximum absolute atomic E-state index is 5.80. The quantitative estimate of drug-likeness (QED) is 0.327. The average molecular weight is 509 g/mol. The standard InChI is InChI=1S/C23H31N3O2.HI/c1-3-24-23(26(2)16-21-13-14-27-17-21)25-15-19-9-11-20(12-10-19)18-28-22-7-5-4-6-8-22;/h4-12,21H,3,13-18H2,1-2H3,(H,24,25);1H. The molecule has 2 aromatic rings. The lowest BCUT2D eigenvalue weighted by Crippen LogP contribution is -2.41. The second-order valence-electron chi connectivity index (χ2n) is 7.20. The van der Waals surface area contributed by atoms with Crippen LogP contribution in [0.1, 0.15) is 24.5 Å². The fourth-order valence-corrected chi connectivity index (χ4v) is 3.26. The van der Waals surface area contributed by atoms with Crippen molar-refractivity contribution in [2.75, 3.05) is 33.4 Å². The van der Waals surface area contributed by atoms with Crippen molar-refractivity contribution in [2.24, 2.45) is 10.9 Å². The van der Waals surface area contributed by atoms with Gasteiger partial charge in [-0.05, 0) is 36.6 Å². The van der Waals surface area contributed by atoms with E-state index in [2.05, 4.69) is 48.5 Å². The summed E-state index contributed by atoms with van der Waals surface area (Å²) in [6, 6.07) is 18.4. The van der Waals surface area contributed by atoms with Gasteiger partial charge in [0.15, 0.2) is 5.96 Å². The van der Waals surface area contributed by atoms with E-state index in [0.717, 1.165) is 50.0 Å². The van der Waals surface area contributed by atoms with Crippen LogP contribution in [-0.4, -0.2) is 44.2 Å². The van der Waals surface area contributed by atoms with Crippen molar-refractivity contribution in [3.8, 4) is 5.75 Å². The van der Waals surface area contributed by atoms with Crippen molar-refractivity contribution in [3.63, 3.8) is 0 Å². The zero-order valence-electron chi connectivity index (χ0n) is 17.3. The zero-order chi connectivity index (χ0) is 19.6. The summed E-state index contributed by atoms with van der Waals surface area (Å²) in [6.45, 7) is 6.91. The summed E-state index contributed by atoms with van der Waals surface area (Å²) in [4.78, 5) is 7.02. The summed E-state index contributed by atoms with van der Waals surface area (Å²) in [7, 11) is 2.10. The Labute approximate surface area is 191 Å². The summed E-state index contributed by atoms with van der Waals surface area (Å²) in [5.41, 5.74) is 2.35. The lowest BCUT2D eigenvalue weighted by atomic mass is 10.1. The lowest BCUT2D eigenvalue weighted by molar-refractivity contribution is 0.181. The number of hydrogen-bond acceptors (Lipinski definition) is 3. The third-order valence-corrected chi connectivity index (χ3v) is 4.84. The van der Waals surface area contributed by atoms with E-state index >= 15 is 0 Å². The molecule has 1 unspecified atom stereocenters. The lowest BCUT2D eigenvalue weighted by Gasteiger charge is -2.24. The summed E-state index contributed by atoms with van der Waals surface area (Å²) in [5.74, 6) is 2.44. The van der Waals surface area contributed by atoms with Crippen LogP contribution in [0.5, 0.6) is 5.75 Å². The van der Waals surface area contributed by atoms with Crippen molar-refractivity contribution in [3.05, 3.63) is 65.7 Å². The van der Waals surface area contributed by atoms with Crippen LogP contribution in [0, 0.1) is 5.92 Å². The fraction of sp³-hybridized carbons (Fsp3) is 0.435. The third kappa shape index (κ3) is 7.85. The Morgan fingerprint density at radius 2 is 1.86 bits per heavy atom. The van der Waals surface area contributed by atoms with Gasteiger partial charge in [0.1, 0.15) is 12.4 Å². The highest BCUT2D eigenvalue weighted by Gasteiger charge is 2.19. The molecule has 5 nitrogen and oxygen atoms in total. The largest absolute Gasteiger partial charge is 0.489 e. The first-order valence-electron chi connectivity index (χ1n) is 10.1. The van der Waals surface area contributed by atoms with E-state index in [1.54, 1.807) is 0 Å². The predicted molar refractivity (Wildman–Crippen MR) is 129 cm³/mol. The number of nitrogens with zero attached hydrogens (tertiary/aromatic N) is 2. The van der Waals surface area contributed by atoms with Gasteiger partial charge in [0.2, 0.25) is 0 Å². The Kier molecular flexibility index (Phi) is 10.3. The molecule has 1 fully saturated rings. The van der Waals surface area contributed by atoms with E-state index in [-0.39, 0.29) is 24.0 Å². The van der Waals surface area contributed by atoms with Gasteiger partial charge in [0.05, 0.1) is 13.2 Å². The fourth-order valence-electron chi connectivity index (χ4n) is 3.26. The van der Waals surface area contributed by atoms with E-state index in [0.29, 0.717) is 19.1 Å². The zero-order valence-corrected chi connectivity index (χ0v) is 19.7. The Hall–Kier alpha value is -1.80. The summed E-state index contributed by atoms with van der Waals surface area (Å²) in [5, 5.41) is 3.39. The molecular weight excluding hydrogens is 477 g/mol. The van der Waals surface area contributed by atoms with E-state index in [1.807, 2.05) is 30.3 Å². The first-order valence-corrected chi connectivity index (χ1v) is 10.1. The van der Waals surface area contributed by atoms with Crippen molar-refractivity contribution < 1.29 is 9.47 Å². The molecule has 1 saturated heterocycles. The second-order valence-corrected chi connectivity index (χ2v) is 7.20. The smallest absolute Gasteiger partial charge is 0.193 e. The van der Waals surface area contributed by atoms with Crippen molar-refractivity contribution in [2.45, 2.75) is 26.5 Å². The predicted octanol–water partition coefficient (Wildman–Crippen LogP) is 4.32. The van der Waals surface area contributed by atoms with Crippen LogP contribution < -0.4 is 10.1 Å². The number of ether oxygens (including phenoxy) is 2. The molecule has 158 valence electrons. The molecule has 1 aliphatic heterocycles. The number of benzene rings is 2. The summed E-state index contributed by atoms with van der Waals surface area (Å²) < 4.78 is 11.3. The number of hydrogen-bond donors (Lipinski definition) is 1. The first kappa shape index (κ1) is 23.5. The number of para-hydroxylation sites is 1. The first-order chi connectivity index (χ1) is 13.7. The molecule has 6 heteroatoms.